The summed E-state index contributed by atoms with van der Waals surface area (Å²) in [6.07, 6.45) is 3.53. The van der Waals surface area contributed by atoms with E-state index in [4.69, 9.17) is 15.2 Å². The zero-order chi connectivity index (χ0) is 19.2. The van der Waals surface area contributed by atoms with Crippen LogP contribution in [-0.2, 0) is 19.1 Å². The maximum Gasteiger partial charge on any atom is 0.334 e. The zero-order valence-corrected chi connectivity index (χ0v) is 16.1. The van der Waals surface area contributed by atoms with Gasteiger partial charge in [-0.05, 0) is 54.9 Å². The molecule has 2 N–H and O–H groups in total. The molecule has 1 aliphatic heterocycles. The van der Waals surface area contributed by atoms with E-state index >= 15 is 0 Å². The van der Waals surface area contributed by atoms with E-state index in [-0.39, 0.29) is 41.4 Å². The van der Waals surface area contributed by atoms with Crippen LogP contribution in [0.3, 0.4) is 0 Å². The number of hydrogen-bond acceptors (Lipinski definition) is 5. The van der Waals surface area contributed by atoms with Crippen LogP contribution in [0.1, 0.15) is 52.9 Å². The number of fused-ring (bicyclic) bond motifs is 2. The third-order valence-electron chi connectivity index (χ3n) is 6.54. The summed E-state index contributed by atoms with van der Waals surface area (Å²) in [6.45, 7) is 14.5. The molecule has 0 aromatic heterocycles. The molecule has 2 aliphatic carbocycles. The van der Waals surface area contributed by atoms with Crippen molar-refractivity contribution in [2.45, 2.75) is 71.1 Å². The summed E-state index contributed by atoms with van der Waals surface area (Å²) >= 11 is 0. The van der Waals surface area contributed by atoms with Crippen molar-refractivity contribution in [3.8, 4) is 0 Å². The predicted molar refractivity (Wildman–Crippen MR) is 99.0 cm³/mol. The van der Waals surface area contributed by atoms with E-state index in [1.165, 1.54) is 0 Å². The van der Waals surface area contributed by atoms with Gasteiger partial charge in [0.05, 0.1) is 0 Å². The molecule has 0 aromatic rings. The van der Waals surface area contributed by atoms with E-state index < -0.39 is 6.04 Å². The van der Waals surface area contributed by atoms with E-state index in [0.29, 0.717) is 17.9 Å². The topological polar surface area (TPSA) is 78.6 Å². The van der Waals surface area contributed by atoms with Gasteiger partial charge < -0.3 is 15.2 Å². The van der Waals surface area contributed by atoms with Crippen molar-refractivity contribution in [2.75, 3.05) is 0 Å². The van der Waals surface area contributed by atoms with Crippen molar-refractivity contribution >= 4 is 11.9 Å². The van der Waals surface area contributed by atoms with E-state index in [1.54, 1.807) is 0 Å². The molecule has 26 heavy (non-hydrogen) atoms. The van der Waals surface area contributed by atoms with E-state index in [2.05, 4.69) is 20.1 Å². The summed E-state index contributed by atoms with van der Waals surface area (Å²) in [5.41, 5.74) is 7.52. The van der Waals surface area contributed by atoms with Gasteiger partial charge in [-0.3, -0.25) is 4.79 Å². The predicted octanol–water partition coefficient (Wildman–Crippen LogP) is 3.14. The first-order valence-electron chi connectivity index (χ1n) is 9.67. The van der Waals surface area contributed by atoms with Crippen LogP contribution in [0.25, 0.3) is 0 Å². The smallest absolute Gasteiger partial charge is 0.334 e. The zero-order valence-electron chi connectivity index (χ0n) is 16.1. The number of esters is 2. The summed E-state index contributed by atoms with van der Waals surface area (Å²) in [5.74, 6) is -0.0177. The lowest BCUT2D eigenvalue weighted by atomic mass is 9.55. The fraction of sp³-hybridized carbons (Fsp3) is 0.714. The highest BCUT2D eigenvalue weighted by atomic mass is 16.6. The second kappa shape index (κ2) is 6.84. The molecule has 0 unspecified atom stereocenters. The van der Waals surface area contributed by atoms with Crippen LogP contribution in [0.4, 0.5) is 0 Å². The molecule has 0 bridgehead atoms. The molecule has 0 spiro atoms. The summed E-state index contributed by atoms with van der Waals surface area (Å²) in [7, 11) is 0. The largest absolute Gasteiger partial charge is 0.458 e. The molecule has 0 amide bonds. The highest BCUT2D eigenvalue weighted by Gasteiger charge is 2.54. The molecule has 6 atom stereocenters. The molecule has 3 fully saturated rings. The number of carbonyl (C=O) groups excluding carboxylic acids is 2. The number of rotatable bonds is 4. The Hall–Kier alpha value is -1.62. The second-order valence-electron chi connectivity index (χ2n) is 9.00. The van der Waals surface area contributed by atoms with Crippen molar-refractivity contribution in [1.82, 2.24) is 0 Å². The monoisotopic (exact) mass is 361 g/mol. The van der Waals surface area contributed by atoms with Crippen molar-refractivity contribution < 1.29 is 19.1 Å². The minimum absolute atomic E-state index is 0.0199. The number of ether oxygens (including phenoxy) is 2. The molecular formula is C21H31NO4. The Labute approximate surface area is 156 Å². The molecule has 3 rings (SSSR count). The van der Waals surface area contributed by atoms with Gasteiger partial charge in [0.25, 0.3) is 0 Å². The lowest BCUT2D eigenvalue weighted by Gasteiger charge is -2.51. The van der Waals surface area contributed by atoms with Crippen LogP contribution in [-0.4, -0.2) is 30.2 Å². The minimum Gasteiger partial charge on any atom is -0.458 e. The fourth-order valence-electron chi connectivity index (χ4n) is 5.00. The van der Waals surface area contributed by atoms with Gasteiger partial charge in [0.2, 0.25) is 0 Å². The summed E-state index contributed by atoms with van der Waals surface area (Å²) in [5, 5.41) is 0. The Morgan fingerprint density at radius 1 is 1.42 bits per heavy atom. The lowest BCUT2D eigenvalue weighted by Crippen LogP contribution is -2.48. The quantitative estimate of drug-likeness (QED) is 0.473. The number of nitrogens with two attached hydrogens (primary N) is 1. The first-order valence-corrected chi connectivity index (χ1v) is 9.67. The molecule has 0 radical (unpaired) electrons. The normalized spacial score (nSPS) is 37.8. The van der Waals surface area contributed by atoms with Gasteiger partial charge in [-0.15, -0.1) is 0 Å². The van der Waals surface area contributed by atoms with Gasteiger partial charge in [-0.25, -0.2) is 4.79 Å². The van der Waals surface area contributed by atoms with Crippen molar-refractivity contribution in [2.24, 2.45) is 28.9 Å². The van der Waals surface area contributed by atoms with Crippen molar-refractivity contribution in [1.29, 1.82) is 0 Å². The standard InChI is InChI=1S/C21H31NO4/c1-11(2)8-16(22)20(24)25-17-6-7-21(5)10-18-14(9-15(21)13(17)4)12(3)19(23)26-18/h11,14-18H,3-4,6-10,22H2,1-2,5H3/t14-,15+,16-,17-,18-,21-/m1/s1. The SMILES string of the molecule is C=C1C(=O)O[C@@H]2C[C@@]3(C)CC[C@@H](OC(=O)[C@H](N)CC(C)C)C(=C)[C@@H]3C[C@H]12. The molecule has 3 aliphatic rings. The van der Waals surface area contributed by atoms with Crippen molar-refractivity contribution in [3.05, 3.63) is 24.3 Å². The average Bonchev–Trinajstić information content (AvgIpc) is 2.81. The summed E-state index contributed by atoms with van der Waals surface area (Å²) < 4.78 is 11.3. The molecule has 1 heterocycles. The molecule has 5 heteroatoms. The molecule has 5 nitrogen and oxygen atoms in total. The fourth-order valence-corrected chi connectivity index (χ4v) is 5.00. The van der Waals surface area contributed by atoms with Crippen LogP contribution in [0, 0.1) is 23.2 Å². The summed E-state index contributed by atoms with van der Waals surface area (Å²) in [4.78, 5) is 24.2. The van der Waals surface area contributed by atoms with Gasteiger partial charge in [0, 0.05) is 11.5 Å². The van der Waals surface area contributed by atoms with E-state index in [1.807, 2.05) is 13.8 Å². The van der Waals surface area contributed by atoms with Gasteiger partial charge in [-0.1, -0.05) is 33.9 Å². The maximum atomic E-state index is 12.3. The summed E-state index contributed by atoms with van der Waals surface area (Å²) in [6, 6.07) is -0.590. The molecule has 2 saturated carbocycles. The van der Waals surface area contributed by atoms with Crippen LogP contribution in [0.2, 0.25) is 0 Å². The molecule has 144 valence electrons. The van der Waals surface area contributed by atoms with E-state index in [9.17, 15) is 9.59 Å². The van der Waals surface area contributed by atoms with Crippen molar-refractivity contribution in [3.63, 3.8) is 0 Å². The van der Waals surface area contributed by atoms with Crippen LogP contribution < -0.4 is 5.73 Å². The highest BCUT2D eigenvalue weighted by molar-refractivity contribution is 5.90. The molecular weight excluding hydrogens is 330 g/mol. The Balaban J connectivity index is 1.70. The number of hydrogen-bond donors (Lipinski definition) is 1. The highest BCUT2D eigenvalue weighted by Crippen LogP contribution is 2.57. The van der Waals surface area contributed by atoms with Gasteiger partial charge in [-0.2, -0.15) is 0 Å². The Morgan fingerprint density at radius 2 is 2.12 bits per heavy atom. The average molecular weight is 361 g/mol. The lowest BCUT2D eigenvalue weighted by molar-refractivity contribution is -0.154. The Bertz CT molecular complexity index is 640. The minimum atomic E-state index is -0.590. The Morgan fingerprint density at radius 3 is 2.77 bits per heavy atom. The molecule has 1 saturated heterocycles. The first-order chi connectivity index (χ1) is 12.1. The second-order valence-corrected chi connectivity index (χ2v) is 9.00. The van der Waals surface area contributed by atoms with Crippen LogP contribution in [0.5, 0.6) is 0 Å². The van der Waals surface area contributed by atoms with E-state index in [0.717, 1.165) is 31.3 Å². The van der Waals surface area contributed by atoms with Gasteiger partial charge >= 0.3 is 11.9 Å². The third-order valence-corrected chi connectivity index (χ3v) is 6.54. The molecule has 0 aromatic carbocycles. The van der Waals surface area contributed by atoms with Gasteiger partial charge in [0.15, 0.2) is 0 Å². The van der Waals surface area contributed by atoms with Gasteiger partial charge in [0.1, 0.15) is 18.2 Å². The maximum absolute atomic E-state index is 12.3. The third kappa shape index (κ3) is 3.34. The Kier molecular flexibility index (Phi) is 5.04. The van der Waals surface area contributed by atoms with Crippen LogP contribution in [0.15, 0.2) is 24.3 Å². The first kappa shape index (κ1) is 19.2. The number of carbonyl (C=O) groups is 2. The van der Waals surface area contributed by atoms with Crippen LogP contribution >= 0.6 is 0 Å².